The van der Waals surface area contributed by atoms with Crippen molar-refractivity contribution >= 4 is 17.4 Å². The summed E-state index contributed by atoms with van der Waals surface area (Å²) in [7, 11) is 0. The van der Waals surface area contributed by atoms with Gasteiger partial charge in [-0.2, -0.15) is 0 Å². The van der Waals surface area contributed by atoms with Crippen molar-refractivity contribution in [1.29, 1.82) is 0 Å². The van der Waals surface area contributed by atoms with Gasteiger partial charge in [-0.15, -0.1) is 5.10 Å². The third kappa shape index (κ3) is 3.39. The highest BCUT2D eigenvalue weighted by Gasteiger charge is 2.09. The molecule has 0 saturated heterocycles. The van der Waals surface area contributed by atoms with Gasteiger partial charge in [0.15, 0.2) is 0 Å². The Morgan fingerprint density at radius 2 is 2.57 bits per heavy atom. The number of aromatic nitrogens is 2. The van der Waals surface area contributed by atoms with Gasteiger partial charge in [0.2, 0.25) is 0 Å². The smallest absolute Gasteiger partial charge is 0.264 e. The number of carbonyl (C=O) groups is 1. The summed E-state index contributed by atoms with van der Waals surface area (Å²) in [6.07, 6.45) is 2.54. The molecule has 6 heteroatoms. The van der Waals surface area contributed by atoms with Crippen molar-refractivity contribution in [3.05, 3.63) is 11.1 Å². The number of amides is 1. The van der Waals surface area contributed by atoms with Gasteiger partial charge < -0.3 is 10.4 Å². The normalized spacial score (nSPS) is 12.4. The molecule has 0 aliphatic rings. The fraction of sp³-hybridized carbons (Fsp3) is 0.625. The Labute approximate surface area is 86.3 Å². The molecule has 0 spiro atoms. The molecule has 0 aliphatic heterocycles. The Morgan fingerprint density at radius 1 is 1.79 bits per heavy atom. The molecule has 0 radical (unpaired) electrons. The lowest BCUT2D eigenvalue weighted by atomic mass is 10.2. The van der Waals surface area contributed by atoms with E-state index in [4.69, 9.17) is 0 Å². The van der Waals surface area contributed by atoms with E-state index in [0.717, 1.165) is 18.0 Å². The molecule has 2 N–H and O–H groups in total. The minimum absolute atomic E-state index is 0.227. The van der Waals surface area contributed by atoms with Gasteiger partial charge in [-0.25, -0.2) is 0 Å². The molecule has 1 rings (SSSR count). The SMILES string of the molecule is CCCC(O)CNC(=O)c1cnns1. The summed E-state index contributed by atoms with van der Waals surface area (Å²) in [4.78, 5) is 11.8. The summed E-state index contributed by atoms with van der Waals surface area (Å²) in [6, 6.07) is 0. The number of carbonyl (C=O) groups excluding carboxylic acids is 1. The van der Waals surface area contributed by atoms with E-state index >= 15 is 0 Å². The van der Waals surface area contributed by atoms with Crippen LogP contribution in [0.3, 0.4) is 0 Å². The van der Waals surface area contributed by atoms with Crippen molar-refractivity contribution in [2.24, 2.45) is 0 Å². The van der Waals surface area contributed by atoms with Crippen molar-refractivity contribution in [2.45, 2.75) is 25.9 Å². The van der Waals surface area contributed by atoms with Gasteiger partial charge in [-0.1, -0.05) is 17.8 Å². The molecule has 1 heterocycles. The molecule has 1 amide bonds. The van der Waals surface area contributed by atoms with Gasteiger partial charge in [0.1, 0.15) is 4.88 Å². The molecule has 1 aromatic rings. The van der Waals surface area contributed by atoms with E-state index in [2.05, 4.69) is 14.9 Å². The highest BCUT2D eigenvalue weighted by atomic mass is 32.1. The van der Waals surface area contributed by atoms with E-state index in [1.807, 2.05) is 6.92 Å². The number of hydrogen-bond acceptors (Lipinski definition) is 5. The standard InChI is InChI=1S/C8H13N3O2S/c1-2-3-6(12)4-9-8(13)7-5-10-11-14-7/h5-6,12H,2-4H2,1H3,(H,9,13). The van der Waals surface area contributed by atoms with Gasteiger partial charge >= 0.3 is 0 Å². The number of nitrogens with one attached hydrogen (secondary N) is 1. The van der Waals surface area contributed by atoms with Gasteiger partial charge in [-0.3, -0.25) is 4.79 Å². The zero-order valence-electron chi connectivity index (χ0n) is 7.93. The van der Waals surface area contributed by atoms with Crippen LogP contribution in [0.15, 0.2) is 6.20 Å². The third-order valence-corrected chi connectivity index (χ3v) is 2.37. The summed E-state index contributed by atoms with van der Waals surface area (Å²) < 4.78 is 3.58. The first-order valence-electron chi connectivity index (χ1n) is 4.47. The second kappa shape index (κ2) is 5.66. The Balaban J connectivity index is 2.28. The van der Waals surface area contributed by atoms with E-state index in [1.165, 1.54) is 6.20 Å². The molecule has 0 aromatic carbocycles. The van der Waals surface area contributed by atoms with Crippen LogP contribution in [0.5, 0.6) is 0 Å². The van der Waals surface area contributed by atoms with Crippen LogP contribution in [-0.4, -0.2) is 33.2 Å². The molecular weight excluding hydrogens is 202 g/mol. The number of hydrogen-bond donors (Lipinski definition) is 2. The summed E-state index contributed by atoms with van der Waals surface area (Å²) in [5.74, 6) is -0.227. The maximum atomic E-state index is 11.3. The predicted octanol–water partition coefficient (Wildman–Crippen LogP) is 0.429. The van der Waals surface area contributed by atoms with E-state index < -0.39 is 6.10 Å². The number of aliphatic hydroxyl groups is 1. The van der Waals surface area contributed by atoms with E-state index in [9.17, 15) is 9.90 Å². The highest BCUT2D eigenvalue weighted by molar-refractivity contribution is 7.07. The lowest BCUT2D eigenvalue weighted by molar-refractivity contribution is 0.0914. The first-order chi connectivity index (χ1) is 6.74. The maximum absolute atomic E-state index is 11.3. The Bertz CT molecular complexity index is 276. The molecule has 1 unspecified atom stereocenters. The van der Waals surface area contributed by atoms with Crippen LogP contribution in [0.2, 0.25) is 0 Å². The molecule has 1 aromatic heterocycles. The van der Waals surface area contributed by atoms with Crippen LogP contribution in [0.1, 0.15) is 29.4 Å². The largest absolute Gasteiger partial charge is 0.391 e. The lowest BCUT2D eigenvalue weighted by Crippen LogP contribution is -2.31. The molecule has 78 valence electrons. The first-order valence-corrected chi connectivity index (χ1v) is 5.25. The Kier molecular flexibility index (Phi) is 4.48. The van der Waals surface area contributed by atoms with Crippen LogP contribution in [0.25, 0.3) is 0 Å². The van der Waals surface area contributed by atoms with Crippen LogP contribution in [0.4, 0.5) is 0 Å². The minimum Gasteiger partial charge on any atom is -0.391 e. The monoisotopic (exact) mass is 215 g/mol. The maximum Gasteiger partial charge on any atom is 0.264 e. The molecule has 1 atom stereocenters. The predicted molar refractivity (Wildman–Crippen MR) is 53.2 cm³/mol. The lowest BCUT2D eigenvalue weighted by Gasteiger charge is -2.09. The average Bonchev–Trinajstić information content (AvgIpc) is 2.67. The molecule has 5 nitrogen and oxygen atoms in total. The van der Waals surface area contributed by atoms with Gasteiger partial charge in [0, 0.05) is 6.54 Å². The topological polar surface area (TPSA) is 75.1 Å². The molecule has 0 bridgehead atoms. The van der Waals surface area contributed by atoms with Crippen LogP contribution >= 0.6 is 11.5 Å². The molecule has 0 aliphatic carbocycles. The van der Waals surface area contributed by atoms with Crippen molar-refractivity contribution < 1.29 is 9.90 Å². The number of rotatable bonds is 5. The third-order valence-electron chi connectivity index (χ3n) is 1.71. The van der Waals surface area contributed by atoms with Crippen molar-refractivity contribution in [3.63, 3.8) is 0 Å². The molecule has 14 heavy (non-hydrogen) atoms. The van der Waals surface area contributed by atoms with Crippen LogP contribution in [0, 0.1) is 0 Å². The van der Waals surface area contributed by atoms with Crippen LogP contribution in [-0.2, 0) is 0 Å². The van der Waals surface area contributed by atoms with Gasteiger partial charge in [0.05, 0.1) is 12.3 Å². The summed E-state index contributed by atoms with van der Waals surface area (Å²) >= 11 is 1.04. The van der Waals surface area contributed by atoms with Gasteiger partial charge in [-0.05, 0) is 18.0 Å². The molecular formula is C8H13N3O2S. The first kappa shape index (κ1) is 11.1. The molecule has 0 fully saturated rings. The Morgan fingerprint density at radius 3 is 3.14 bits per heavy atom. The molecule has 0 saturated carbocycles. The summed E-state index contributed by atoms with van der Waals surface area (Å²) in [6.45, 7) is 2.27. The summed E-state index contributed by atoms with van der Waals surface area (Å²) in [5.41, 5.74) is 0. The van der Waals surface area contributed by atoms with Crippen molar-refractivity contribution in [2.75, 3.05) is 6.54 Å². The minimum atomic E-state index is -0.468. The second-order valence-electron chi connectivity index (χ2n) is 2.93. The zero-order chi connectivity index (χ0) is 10.4. The second-order valence-corrected chi connectivity index (χ2v) is 3.72. The van der Waals surface area contributed by atoms with Crippen molar-refractivity contribution in [3.8, 4) is 0 Å². The number of aliphatic hydroxyl groups excluding tert-OH is 1. The number of nitrogens with zero attached hydrogens (tertiary/aromatic N) is 2. The quantitative estimate of drug-likeness (QED) is 0.747. The highest BCUT2D eigenvalue weighted by Crippen LogP contribution is 2.01. The summed E-state index contributed by atoms with van der Waals surface area (Å²) in [5, 5.41) is 15.5. The Hall–Kier alpha value is -1.01. The van der Waals surface area contributed by atoms with E-state index in [-0.39, 0.29) is 12.5 Å². The fourth-order valence-electron chi connectivity index (χ4n) is 1.00. The fourth-order valence-corrected chi connectivity index (χ4v) is 1.43. The zero-order valence-corrected chi connectivity index (χ0v) is 8.75. The van der Waals surface area contributed by atoms with Gasteiger partial charge in [0.25, 0.3) is 5.91 Å². The van der Waals surface area contributed by atoms with E-state index in [0.29, 0.717) is 11.3 Å². The average molecular weight is 215 g/mol. The van der Waals surface area contributed by atoms with Crippen LogP contribution < -0.4 is 5.32 Å². The van der Waals surface area contributed by atoms with Crippen molar-refractivity contribution in [1.82, 2.24) is 14.9 Å². The van der Waals surface area contributed by atoms with E-state index in [1.54, 1.807) is 0 Å².